The van der Waals surface area contributed by atoms with Gasteiger partial charge in [0.05, 0.1) is 5.54 Å². The van der Waals surface area contributed by atoms with Crippen molar-refractivity contribution in [1.29, 1.82) is 0 Å². The molecule has 0 heterocycles. The molecule has 2 aliphatic carbocycles. The number of nitrogens with one attached hydrogen (secondary N) is 1. The molecule has 0 aromatic carbocycles. The van der Waals surface area contributed by atoms with Crippen LogP contribution in [0.15, 0.2) is 0 Å². The Balaban J connectivity index is 1.94. The van der Waals surface area contributed by atoms with Crippen LogP contribution >= 0.6 is 0 Å². The number of rotatable bonds is 4. The molecule has 116 valence electrons. The second-order valence-electron chi connectivity index (χ2n) is 7.37. The van der Waals surface area contributed by atoms with E-state index in [1.807, 2.05) is 0 Å². The summed E-state index contributed by atoms with van der Waals surface area (Å²) >= 11 is 0. The van der Waals surface area contributed by atoms with Crippen LogP contribution in [0.2, 0.25) is 0 Å². The lowest BCUT2D eigenvalue weighted by Gasteiger charge is -2.39. The van der Waals surface area contributed by atoms with E-state index in [2.05, 4.69) is 31.2 Å². The van der Waals surface area contributed by atoms with E-state index in [9.17, 15) is 4.79 Å². The lowest BCUT2D eigenvalue weighted by molar-refractivity contribution is -0.128. The van der Waals surface area contributed by atoms with E-state index >= 15 is 0 Å². The molecular formula is C16H31N3O. The number of hydrogen-bond acceptors (Lipinski definition) is 3. The number of nitrogens with zero attached hydrogens (tertiary/aromatic N) is 1. The first-order valence-corrected chi connectivity index (χ1v) is 8.13. The van der Waals surface area contributed by atoms with Gasteiger partial charge in [0.1, 0.15) is 0 Å². The van der Waals surface area contributed by atoms with Crippen molar-refractivity contribution in [3.63, 3.8) is 0 Å². The molecule has 2 aliphatic rings. The highest BCUT2D eigenvalue weighted by molar-refractivity contribution is 5.86. The number of carbonyl (C=O) groups is 1. The zero-order chi connectivity index (χ0) is 14.8. The van der Waals surface area contributed by atoms with Gasteiger partial charge in [0, 0.05) is 12.1 Å². The van der Waals surface area contributed by atoms with Crippen LogP contribution in [-0.4, -0.2) is 42.5 Å². The third-order valence-corrected chi connectivity index (χ3v) is 5.55. The van der Waals surface area contributed by atoms with Gasteiger partial charge in [-0.05, 0) is 45.7 Å². The smallest absolute Gasteiger partial charge is 0.240 e. The standard InChI is InChI=1S/C16H31N3O/c1-13-7-6-10-16(17,11-13)14(20)18-12-15(19(2)3)8-4-5-9-15/h13H,4-12,17H2,1-3H3,(H,18,20). The van der Waals surface area contributed by atoms with Crippen molar-refractivity contribution in [1.82, 2.24) is 10.2 Å². The Labute approximate surface area is 123 Å². The van der Waals surface area contributed by atoms with Crippen molar-refractivity contribution in [3.8, 4) is 0 Å². The molecular weight excluding hydrogens is 250 g/mol. The van der Waals surface area contributed by atoms with Gasteiger partial charge in [-0.15, -0.1) is 0 Å². The third kappa shape index (κ3) is 3.17. The molecule has 2 fully saturated rings. The lowest BCUT2D eigenvalue weighted by Crippen LogP contribution is -2.59. The van der Waals surface area contributed by atoms with Crippen molar-refractivity contribution >= 4 is 5.91 Å². The predicted molar refractivity (Wildman–Crippen MR) is 82.4 cm³/mol. The van der Waals surface area contributed by atoms with Crippen molar-refractivity contribution in [2.45, 2.75) is 69.4 Å². The molecule has 2 rings (SSSR count). The van der Waals surface area contributed by atoms with Crippen molar-refractivity contribution < 1.29 is 4.79 Å². The SMILES string of the molecule is CC1CCCC(N)(C(=O)NCC2(N(C)C)CCCC2)C1. The summed E-state index contributed by atoms with van der Waals surface area (Å²) in [5.74, 6) is 0.631. The maximum Gasteiger partial charge on any atom is 0.240 e. The molecule has 4 heteroatoms. The van der Waals surface area contributed by atoms with E-state index < -0.39 is 5.54 Å². The first kappa shape index (κ1) is 15.8. The van der Waals surface area contributed by atoms with Crippen molar-refractivity contribution in [3.05, 3.63) is 0 Å². The number of carbonyl (C=O) groups excluding carboxylic acids is 1. The zero-order valence-electron chi connectivity index (χ0n) is 13.4. The summed E-state index contributed by atoms with van der Waals surface area (Å²) in [6, 6.07) is 0. The van der Waals surface area contributed by atoms with Crippen LogP contribution < -0.4 is 11.1 Å². The van der Waals surface area contributed by atoms with E-state index in [4.69, 9.17) is 5.73 Å². The van der Waals surface area contributed by atoms with Crippen LogP contribution in [-0.2, 0) is 4.79 Å². The minimum Gasteiger partial charge on any atom is -0.353 e. The van der Waals surface area contributed by atoms with Gasteiger partial charge in [-0.3, -0.25) is 4.79 Å². The summed E-state index contributed by atoms with van der Waals surface area (Å²) in [6.45, 7) is 2.94. The fraction of sp³-hybridized carbons (Fsp3) is 0.938. The van der Waals surface area contributed by atoms with E-state index in [-0.39, 0.29) is 11.4 Å². The predicted octanol–water partition coefficient (Wildman–Crippen LogP) is 1.88. The van der Waals surface area contributed by atoms with Gasteiger partial charge in [0.25, 0.3) is 0 Å². The Morgan fingerprint density at radius 2 is 1.90 bits per heavy atom. The summed E-state index contributed by atoms with van der Waals surface area (Å²) in [6.07, 6.45) is 8.81. The highest BCUT2D eigenvalue weighted by Crippen LogP contribution is 2.34. The van der Waals surface area contributed by atoms with Crippen molar-refractivity contribution in [2.75, 3.05) is 20.6 Å². The van der Waals surface area contributed by atoms with E-state index in [0.717, 1.165) is 25.8 Å². The Hall–Kier alpha value is -0.610. The van der Waals surface area contributed by atoms with Crippen molar-refractivity contribution in [2.24, 2.45) is 11.7 Å². The Kier molecular flexibility index (Phi) is 4.75. The zero-order valence-corrected chi connectivity index (χ0v) is 13.4. The average Bonchev–Trinajstić information content (AvgIpc) is 2.85. The molecule has 0 spiro atoms. The van der Waals surface area contributed by atoms with Crippen LogP contribution in [0.25, 0.3) is 0 Å². The van der Waals surface area contributed by atoms with Crippen LogP contribution in [0.1, 0.15) is 58.3 Å². The Morgan fingerprint density at radius 3 is 2.45 bits per heavy atom. The molecule has 4 nitrogen and oxygen atoms in total. The normalized spacial score (nSPS) is 33.4. The van der Waals surface area contributed by atoms with E-state index in [1.54, 1.807) is 0 Å². The molecule has 0 bridgehead atoms. The second kappa shape index (κ2) is 6.02. The molecule has 1 amide bonds. The minimum absolute atomic E-state index is 0.0668. The highest BCUT2D eigenvalue weighted by atomic mass is 16.2. The Morgan fingerprint density at radius 1 is 1.25 bits per heavy atom. The maximum atomic E-state index is 12.5. The minimum atomic E-state index is -0.635. The van der Waals surface area contributed by atoms with Gasteiger partial charge in [-0.25, -0.2) is 0 Å². The maximum absolute atomic E-state index is 12.5. The molecule has 3 N–H and O–H groups in total. The van der Waals surface area contributed by atoms with Crippen LogP contribution in [0.3, 0.4) is 0 Å². The number of amides is 1. The summed E-state index contributed by atoms with van der Waals surface area (Å²) < 4.78 is 0. The third-order valence-electron chi connectivity index (χ3n) is 5.55. The number of likely N-dealkylation sites (N-methyl/N-ethyl adjacent to an activating group) is 1. The summed E-state index contributed by atoms with van der Waals surface area (Å²) in [4.78, 5) is 14.8. The first-order valence-electron chi connectivity index (χ1n) is 8.13. The van der Waals surface area contributed by atoms with Gasteiger partial charge in [0.2, 0.25) is 5.91 Å². The molecule has 0 saturated heterocycles. The molecule has 2 saturated carbocycles. The molecule has 0 aliphatic heterocycles. The molecule has 0 aromatic heterocycles. The quantitative estimate of drug-likeness (QED) is 0.827. The molecule has 20 heavy (non-hydrogen) atoms. The van der Waals surface area contributed by atoms with Gasteiger partial charge >= 0.3 is 0 Å². The highest BCUT2D eigenvalue weighted by Gasteiger charge is 2.41. The summed E-state index contributed by atoms with van der Waals surface area (Å²) in [5.41, 5.74) is 5.88. The average molecular weight is 281 g/mol. The fourth-order valence-corrected chi connectivity index (χ4v) is 4.03. The molecule has 2 atom stereocenters. The monoisotopic (exact) mass is 281 g/mol. The van der Waals surface area contributed by atoms with Crippen LogP contribution in [0.5, 0.6) is 0 Å². The van der Waals surface area contributed by atoms with Gasteiger partial charge in [-0.1, -0.05) is 32.6 Å². The second-order valence-corrected chi connectivity index (χ2v) is 7.37. The van der Waals surface area contributed by atoms with E-state index in [1.165, 1.54) is 32.1 Å². The summed E-state index contributed by atoms with van der Waals surface area (Å²) in [7, 11) is 4.25. The van der Waals surface area contributed by atoms with Gasteiger partial charge < -0.3 is 16.0 Å². The van der Waals surface area contributed by atoms with E-state index in [0.29, 0.717) is 5.92 Å². The molecule has 0 aromatic rings. The number of hydrogen-bond donors (Lipinski definition) is 2. The van der Waals surface area contributed by atoms with Gasteiger partial charge in [-0.2, -0.15) is 0 Å². The summed E-state index contributed by atoms with van der Waals surface area (Å²) in [5, 5.41) is 3.17. The van der Waals surface area contributed by atoms with Crippen LogP contribution in [0.4, 0.5) is 0 Å². The van der Waals surface area contributed by atoms with Gasteiger partial charge in [0.15, 0.2) is 0 Å². The topological polar surface area (TPSA) is 58.4 Å². The Bertz CT molecular complexity index is 350. The number of nitrogens with two attached hydrogens (primary N) is 1. The molecule has 2 unspecified atom stereocenters. The largest absolute Gasteiger partial charge is 0.353 e. The molecule has 0 radical (unpaired) electrons. The van der Waals surface area contributed by atoms with Crippen LogP contribution in [0, 0.1) is 5.92 Å². The first-order chi connectivity index (χ1) is 9.38. The fourth-order valence-electron chi connectivity index (χ4n) is 4.03. The lowest BCUT2D eigenvalue weighted by atomic mass is 9.76.